The lowest BCUT2D eigenvalue weighted by atomic mass is 9.53. The largest absolute Gasteiger partial charge is 0.490 e. The summed E-state index contributed by atoms with van der Waals surface area (Å²) in [6.45, 7) is 2.26. The number of hydrogen-bond acceptors (Lipinski definition) is 2. The highest BCUT2D eigenvalue weighted by molar-refractivity contribution is 5.85. The first-order valence-electron chi connectivity index (χ1n) is 11.0. The molecule has 5 rings (SSSR count). The smallest absolute Gasteiger partial charge is 0.130 e. The van der Waals surface area contributed by atoms with Gasteiger partial charge in [0.2, 0.25) is 0 Å². The lowest BCUT2D eigenvalue weighted by molar-refractivity contribution is -0.0647. The van der Waals surface area contributed by atoms with Gasteiger partial charge in [-0.2, -0.15) is 0 Å². The van der Waals surface area contributed by atoms with E-state index in [1.54, 1.807) is 5.56 Å². The van der Waals surface area contributed by atoms with Gasteiger partial charge in [0.05, 0.1) is 6.10 Å². The van der Waals surface area contributed by atoms with Crippen LogP contribution in [0.5, 0.6) is 5.75 Å². The quantitative estimate of drug-likeness (QED) is 0.650. The number of aryl methyl sites for hydroxylation is 1. The predicted molar refractivity (Wildman–Crippen MR) is 115 cm³/mol. The first kappa shape index (κ1) is 20.1. The molecule has 0 saturated heterocycles. The molecule has 1 N–H and O–H groups in total. The maximum Gasteiger partial charge on any atom is 0.130 e. The predicted octanol–water partition coefficient (Wildman–Crippen LogP) is 5.65. The highest BCUT2D eigenvalue weighted by atomic mass is 35.5. The number of terminal acetylenes is 1. The van der Waals surface area contributed by atoms with E-state index in [1.807, 2.05) is 0 Å². The lowest BCUT2D eigenvalue weighted by Crippen LogP contribution is -2.50. The Hall–Kier alpha value is -1.17. The van der Waals surface area contributed by atoms with Crippen molar-refractivity contribution >= 4 is 12.4 Å². The SMILES string of the molecule is C#C[C@]1(O)CC[C@H]2[C@@H]3CCc4cc(OC5CCCC5)ccc4[C@H]3CC[C@@]21C.Cl. The van der Waals surface area contributed by atoms with Gasteiger partial charge in [0.15, 0.2) is 0 Å². The van der Waals surface area contributed by atoms with Crippen molar-refractivity contribution in [2.24, 2.45) is 17.3 Å². The monoisotopic (exact) mass is 400 g/mol. The standard InChI is InChI=1S/C25H32O2.ClH/c1-3-25(26)15-13-23-22-10-8-17-16-19(27-18-6-4-5-7-18)9-11-20(17)21(22)12-14-24(23,25)2;/h1,9,11,16,18,21-23,26H,4-8,10,12-15H2,2H3;1H/t21-,22-,23+,24+,25+;/m1./s1. The summed E-state index contributed by atoms with van der Waals surface area (Å²) in [6, 6.07) is 6.88. The number of aliphatic hydroxyl groups is 1. The molecule has 5 atom stereocenters. The maximum absolute atomic E-state index is 11.1. The fraction of sp³-hybridized carbons (Fsp3) is 0.680. The summed E-state index contributed by atoms with van der Waals surface area (Å²) < 4.78 is 6.25. The van der Waals surface area contributed by atoms with Gasteiger partial charge in [0.1, 0.15) is 11.4 Å². The zero-order valence-electron chi connectivity index (χ0n) is 17.0. The molecule has 3 heteroatoms. The van der Waals surface area contributed by atoms with E-state index in [-0.39, 0.29) is 17.8 Å². The van der Waals surface area contributed by atoms with E-state index in [2.05, 4.69) is 31.0 Å². The van der Waals surface area contributed by atoms with E-state index in [9.17, 15) is 5.11 Å². The van der Waals surface area contributed by atoms with Crippen LogP contribution in [0.15, 0.2) is 18.2 Å². The molecule has 3 fully saturated rings. The molecule has 152 valence electrons. The summed E-state index contributed by atoms with van der Waals surface area (Å²) >= 11 is 0. The minimum absolute atomic E-state index is 0. The highest BCUT2D eigenvalue weighted by Gasteiger charge is 2.61. The van der Waals surface area contributed by atoms with E-state index in [4.69, 9.17) is 11.2 Å². The summed E-state index contributed by atoms with van der Waals surface area (Å²) in [7, 11) is 0. The van der Waals surface area contributed by atoms with E-state index in [0.717, 1.165) is 37.9 Å². The molecule has 4 aliphatic rings. The van der Waals surface area contributed by atoms with Crippen molar-refractivity contribution in [1.29, 1.82) is 0 Å². The zero-order valence-corrected chi connectivity index (χ0v) is 17.8. The molecule has 1 aromatic carbocycles. The second kappa shape index (κ2) is 7.26. The van der Waals surface area contributed by atoms with Gasteiger partial charge in [0.25, 0.3) is 0 Å². The van der Waals surface area contributed by atoms with Gasteiger partial charge in [-0.25, -0.2) is 0 Å². The first-order valence-corrected chi connectivity index (χ1v) is 11.0. The van der Waals surface area contributed by atoms with Gasteiger partial charge in [0, 0.05) is 5.41 Å². The molecule has 4 aliphatic carbocycles. The third kappa shape index (κ3) is 2.89. The molecule has 0 radical (unpaired) electrons. The molecular weight excluding hydrogens is 368 g/mol. The van der Waals surface area contributed by atoms with Crippen molar-refractivity contribution < 1.29 is 9.84 Å². The summed E-state index contributed by atoms with van der Waals surface area (Å²) in [6.07, 6.45) is 17.6. The molecule has 3 saturated carbocycles. The third-order valence-electron chi connectivity index (χ3n) is 8.69. The molecule has 0 spiro atoms. The minimum atomic E-state index is -0.901. The Labute approximate surface area is 175 Å². The molecule has 2 nitrogen and oxygen atoms in total. The fourth-order valence-corrected chi connectivity index (χ4v) is 7.08. The Kier molecular flexibility index (Phi) is 5.22. The van der Waals surface area contributed by atoms with Crippen molar-refractivity contribution in [2.45, 2.75) is 88.8 Å². The van der Waals surface area contributed by atoms with Crippen molar-refractivity contribution in [3.8, 4) is 18.1 Å². The second-order valence-electron chi connectivity index (χ2n) is 9.80. The number of hydrogen-bond donors (Lipinski definition) is 1. The van der Waals surface area contributed by atoms with Crippen LogP contribution in [0.1, 0.15) is 81.8 Å². The molecule has 28 heavy (non-hydrogen) atoms. The average Bonchev–Trinajstić information content (AvgIpc) is 3.28. The van der Waals surface area contributed by atoms with Crippen LogP contribution in [-0.4, -0.2) is 16.8 Å². The van der Waals surface area contributed by atoms with Gasteiger partial charge < -0.3 is 9.84 Å². The second-order valence-corrected chi connectivity index (χ2v) is 9.80. The van der Waals surface area contributed by atoms with Gasteiger partial charge in [-0.1, -0.05) is 18.9 Å². The molecule has 0 aliphatic heterocycles. The highest BCUT2D eigenvalue weighted by Crippen LogP contribution is 2.64. The number of benzene rings is 1. The summed E-state index contributed by atoms with van der Waals surface area (Å²) in [5.41, 5.74) is 2.04. The number of halogens is 1. The van der Waals surface area contributed by atoms with Crippen LogP contribution < -0.4 is 4.74 Å². The molecule has 0 bridgehead atoms. The Balaban J connectivity index is 0.00000192. The van der Waals surface area contributed by atoms with E-state index in [0.29, 0.717) is 23.9 Å². The summed E-state index contributed by atoms with van der Waals surface area (Å²) in [4.78, 5) is 0. The molecule has 0 amide bonds. The first-order chi connectivity index (χ1) is 13.0. The topological polar surface area (TPSA) is 29.5 Å². The Bertz CT molecular complexity index is 777. The zero-order chi connectivity index (χ0) is 18.6. The maximum atomic E-state index is 11.1. The Morgan fingerprint density at radius 3 is 2.64 bits per heavy atom. The van der Waals surface area contributed by atoms with Crippen molar-refractivity contribution in [2.75, 3.05) is 0 Å². The molecule has 0 heterocycles. The van der Waals surface area contributed by atoms with Gasteiger partial charge in [-0.05, 0) is 105 Å². The van der Waals surface area contributed by atoms with Crippen LogP contribution in [-0.2, 0) is 6.42 Å². The molecular formula is C25H33ClO2. The Morgan fingerprint density at radius 1 is 1.11 bits per heavy atom. The Morgan fingerprint density at radius 2 is 1.89 bits per heavy atom. The molecule has 0 aromatic heterocycles. The van der Waals surface area contributed by atoms with Crippen molar-refractivity contribution in [3.63, 3.8) is 0 Å². The van der Waals surface area contributed by atoms with E-state index < -0.39 is 5.60 Å². The van der Waals surface area contributed by atoms with E-state index >= 15 is 0 Å². The van der Waals surface area contributed by atoms with Gasteiger partial charge >= 0.3 is 0 Å². The average molecular weight is 401 g/mol. The van der Waals surface area contributed by atoms with Crippen LogP contribution in [0, 0.1) is 29.6 Å². The van der Waals surface area contributed by atoms with E-state index in [1.165, 1.54) is 37.7 Å². The lowest BCUT2D eigenvalue weighted by Gasteiger charge is -2.52. The van der Waals surface area contributed by atoms with Gasteiger partial charge in [-0.15, -0.1) is 18.8 Å². The van der Waals surface area contributed by atoms with Crippen molar-refractivity contribution in [1.82, 2.24) is 0 Å². The summed E-state index contributed by atoms with van der Waals surface area (Å²) in [5, 5.41) is 11.1. The number of rotatable bonds is 2. The number of fused-ring (bicyclic) bond motifs is 5. The van der Waals surface area contributed by atoms with Gasteiger partial charge in [-0.3, -0.25) is 0 Å². The minimum Gasteiger partial charge on any atom is -0.490 e. The third-order valence-corrected chi connectivity index (χ3v) is 8.69. The van der Waals surface area contributed by atoms with Crippen LogP contribution in [0.4, 0.5) is 0 Å². The van der Waals surface area contributed by atoms with Crippen LogP contribution in [0.3, 0.4) is 0 Å². The van der Waals surface area contributed by atoms with Crippen molar-refractivity contribution in [3.05, 3.63) is 29.3 Å². The van der Waals surface area contributed by atoms with Crippen LogP contribution >= 0.6 is 12.4 Å². The molecule has 1 aromatic rings. The summed E-state index contributed by atoms with van der Waals surface area (Å²) in [5.74, 6) is 5.70. The fourth-order valence-electron chi connectivity index (χ4n) is 7.08. The van der Waals surface area contributed by atoms with Crippen LogP contribution in [0.25, 0.3) is 0 Å². The molecule has 0 unspecified atom stereocenters. The number of ether oxygens (including phenoxy) is 1. The normalized spacial score (nSPS) is 39.2. The van der Waals surface area contributed by atoms with Crippen LogP contribution in [0.2, 0.25) is 0 Å².